The maximum absolute atomic E-state index is 5.98. The van der Waals surface area contributed by atoms with Gasteiger partial charge in [0, 0.05) is 19.1 Å². The third kappa shape index (κ3) is 2.06. The predicted molar refractivity (Wildman–Crippen MR) is 75.1 cm³/mol. The zero-order valence-corrected chi connectivity index (χ0v) is 11.7. The van der Waals surface area contributed by atoms with Crippen LogP contribution in [0.15, 0.2) is 12.5 Å². The molecule has 0 saturated carbocycles. The minimum atomic E-state index is -0.0885. The highest BCUT2D eigenvalue weighted by Gasteiger charge is 2.25. The highest BCUT2D eigenvalue weighted by Crippen LogP contribution is 2.28. The fourth-order valence-electron chi connectivity index (χ4n) is 2.55. The Morgan fingerprint density at radius 2 is 2.11 bits per heavy atom. The van der Waals surface area contributed by atoms with Gasteiger partial charge in [0.25, 0.3) is 0 Å². The molecule has 2 N–H and O–H groups in total. The molecule has 1 unspecified atom stereocenters. The largest absolute Gasteiger partial charge is 0.354 e. The lowest BCUT2D eigenvalue weighted by Crippen LogP contribution is -2.27. The van der Waals surface area contributed by atoms with Crippen LogP contribution in [-0.4, -0.2) is 38.9 Å². The van der Waals surface area contributed by atoms with Crippen molar-refractivity contribution in [2.45, 2.75) is 38.8 Å². The summed E-state index contributed by atoms with van der Waals surface area (Å²) < 4.78 is 1.95. The van der Waals surface area contributed by atoms with Crippen LogP contribution < -0.4 is 10.6 Å². The highest BCUT2D eigenvalue weighted by atomic mass is 15.3. The average molecular weight is 260 g/mol. The van der Waals surface area contributed by atoms with Gasteiger partial charge in [0.15, 0.2) is 5.65 Å². The summed E-state index contributed by atoms with van der Waals surface area (Å²) in [7, 11) is 0. The first-order valence-corrected chi connectivity index (χ1v) is 6.66. The molecule has 0 spiro atoms. The molecule has 0 radical (unpaired) electrons. The molecule has 3 heterocycles. The highest BCUT2D eigenvalue weighted by molar-refractivity contribution is 5.87. The topological polar surface area (TPSA) is 72.9 Å². The van der Waals surface area contributed by atoms with Gasteiger partial charge in [-0.1, -0.05) is 0 Å². The van der Waals surface area contributed by atoms with Gasteiger partial charge in [0.2, 0.25) is 0 Å². The zero-order valence-electron chi connectivity index (χ0n) is 11.7. The third-order valence-corrected chi connectivity index (χ3v) is 3.50. The van der Waals surface area contributed by atoms with E-state index in [2.05, 4.69) is 40.7 Å². The predicted octanol–water partition coefficient (Wildman–Crippen LogP) is 1.12. The molecule has 102 valence electrons. The van der Waals surface area contributed by atoms with Gasteiger partial charge in [0.1, 0.15) is 12.1 Å². The zero-order chi connectivity index (χ0) is 13.6. The Morgan fingerprint density at radius 3 is 2.74 bits per heavy atom. The van der Waals surface area contributed by atoms with E-state index >= 15 is 0 Å². The van der Waals surface area contributed by atoms with Crippen molar-refractivity contribution in [3.8, 4) is 0 Å². The van der Waals surface area contributed by atoms with Crippen LogP contribution in [-0.2, 0) is 5.54 Å². The number of hydrogen-bond donors (Lipinski definition) is 1. The molecule has 3 rings (SSSR count). The molecule has 2 aromatic heterocycles. The van der Waals surface area contributed by atoms with E-state index in [1.807, 2.05) is 10.9 Å². The normalized spacial score (nSPS) is 20.4. The lowest BCUT2D eigenvalue weighted by molar-refractivity contribution is 0.366. The molecule has 2 aromatic rings. The van der Waals surface area contributed by atoms with Gasteiger partial charge < -0.3 is 10.6 Å². The maximum atomic E-state index is 5.98. The Balaban J connectivity index is 2.10. The molecule has 1 aliphatic heterocycles. The van der Waals surface area contributed by atoms with Crippen LogP contribution in [0.4, 0.5) is 5.82 Å². The Kier molecular flexibility index (Phi) is 2.70. The fraction of sp³-hybridized carbons (Fsp3) is 0.615. The quantitative estimate of drug-likeness (QED) is 0.831. The van der Waals surface area contributed by atoms with Crippen LogP contribution in [0, 0.1) is 0 Å². The lowest BCUT2D eigenvalue weighted by atomic mass is 10.1. The first kappa shape index (κ1) is 12.3. The van der Waals surface area contributed by atoms with Crippen LogP contribution >= 0.6 is 0 Å². The van der Waals surface area contributed by atoms with Crippen molar-refractivity contribution in [1.29, 1.82) is 0 Å². The Bertz CT molecular complexity index is 597. The van der Waals surface area contributed by atoms with Crippen molar-refractivity contribution in [1.82, 2.24) is 19.7 Å². The van der Waals surface area contributed by atoms with Gasteiger partial charge in [-0.15, -0.1) is 0 Å². The molecule has 0 aromatic carbocycles. The van der Waals surface area contributed by atoms with E-state index < -0.39 is 0 Å². The number of nitrogens with two attached hydrogens (primary N) is 1. The molecule has 1 atom stereocenters. The van der Waals surface area contributed by atoms with Gasteiger partial charge in [-0.05, 0) is 27.2 Å². The molecule has 0 bridgehead atoms. The van der Waals surface area contributed by atoms with Gasteiger partial charge in [-0.2, -0.15) is 5.10 Å². The Morgan fingerprint density at radius 1 is 1.32 bits per heavy atom. The van der Waals surface area contributed by atoms with Crippen molar-refractivity contribution in [3.05, 3.63) is 12.5 Å². The van der Waals surface area contributed by atoms with Gasteiger partial charge >= 0.3 is 0 Å². The van der Waals surface area contributed by atoms with E-state index in [1.165, 1.54) is 0 Å². The van der Waals surface area contributed by atoms with E-state index in [0.29, 0.717) is 0 Å². The van der Waals surface area contributed by atoms with Crippen LogP contribution in [0.5, 0.6) is 0 Å². The SMILES string of the molecule is CC(C)(C)n1ncc2c(N3CCC(N)C3)ncnc21. The van der Waals surface area contributed by atoms with Crippen molar-refractivity contribution >= 4 is 16.9 Å². The summed E-state index contributed by atoms with van der Waals surface area (Å²) in [6.07, 6.45) is 4.49. The molecule has 1 saturated heterocycles. The smallest absolute Gasteiger partial charge is 0.163 e. The van der Waals surface area contributed by atoms with Crippen molar-refractivity contribution < 1.29 is 0 Å². The number of aromatic nitrogens is 4. The number of hydrogen-bond acceptors (Lipinski definition) is 5. The van der Waals surface area contributed by atoms with E-state index in [9.17, 15) is 0 Å². The second-order valence-corrected chi connectivity index (χ2v) is 6.16. The first-order valence-electron chi connectivity index (χ1n) is 6.66. The average Bonchev–Trinajstić information content (AvgIpc) is 2.93. The van der Waals surface area contributed by atoms with E-state index in [4.69, 9.17) is 5.73 Å². The van der Waals surface area contributed by atoms with Gasteiger partial charge in [-0.3, -0.25) is 0 Å². The molecular formula is C13H20N6. The maximum Gasteiger partial charge on any atom is 0.163 e. The van der Waals surface area contributed by atoms with Crippen LogP contribution in [0.3, 0.4) is 0 Å². The Labute approximate surface area is 112 Å². The van der Waals surface area contributed by atoms with Crippen molar-refractivity contribution in [3.63, 3.8) is 0 Å². The lowest BCUT2D eigenvalue weighted by Gasteiger charge is -2.20. The number of nitrogens with zero attached hydrogens (tertiary/aromatic N) is 5. The number of anilines is 1. The summed E-state index contributed by atoms with van der Waals surface area (Å²) in [4.78, 5) is 11.0. The minimum Gasteiger partial charge on any atom is -0.354 e. The van der Waals surface area contributed by atoms with E-state index in [1.54, 1.807) is 6.33 Å². The monoisotopic (exact) mass is 260 g/mol. The summed E-state index contributed by atoms with van der Waals surface area (Å²) in [6, 6.07) is 0.239. The molecule has 19 heavy (non-hydrogen) atoms. The third-order valence-electron chi connectivity index (χ3n) is 3.50. The molecule has 1 aliphatic rings. The van der Waals surface area contributed by atoms with Crippen LogP contribution in [0.1, 0.15) is 27.2 Å². The molecule has 6 heteroatoms. The van der Waals surface area contributed by atoms with Crippen LogP contribution in [0.2, 0.25) is 0 Å². The van der Waals surface area contributed by atoms with Gasteiger partial charge in [0.05, 0.1) is 17.1 Å². The van der Waals surface area contributed by atoms with E-state index in [-0.39, 0.29) is 11.6 Å². The first-order chi connectivity index (χ1) is 8.97. The summed E-state index contributed by atoms with van der Waals surface area (Å²) in [5, 5.41) is 5.48. The summed E-state index contributed by atoms with van der Waals surface area (Å²) in [5.41, 5.74) is 6.77. The Hall–Kier alpha value is -1.69. The number of rotatable bonds is 1. The molecule has 1 fully saturated rings. The summed E-state index contributed by atoms with van der Waals surface area (Å²) >= 11 is 0. The molecule has 6 nitrogen and oxygen atoms in total. The van der Waals surface area contributed by atoms with E-state index in [0.717, 1.165) is 36.4 Å². The van der Waals surface area contributed by atoms with Crippen molar-refractivity contribution in [2.24, 2.45) is 5.73 Å². The fourth-order valence-corrected chi connectivity index (χ4v) is 2.55. The molecular weight excluding hydrogens is 240 g/mol. The summed E-state index contributed by atoms with van der Waals surface area (Å²) in [6.45, 7) is 8.16. The molecule has 0 aliphatic carbocycles. The second-order valence-electron chi connectivity index (χ2n) is 6.16. The number of fused-ring (bicyclic) bond motifs is 1. The summed E-state index contributed by atoms with van der Waals surface area (Å²) in [5.74, 6) is 0.952. The van der Waals surface area contributed by atoms with Gasteiger partial charge in [-0.25, -0.2) is 14.6 Å². The van der Waals surface area contributed by atoms with Crippen molar-refractivity contribution in [2.75, 3.05) is 18.0 Å². The molecule has 0 amide bonds. The minimum absolute atomic E-state index is 0.0885. The second kappa shape index (κ2) is 4.16. The van der Waals surface area contributed by atoms with Crippen LogP contribution in [0.25, 0.3) is 11.0 Å². The standard InChI is InChI=1S/C13H20N6/c1-13(2,3)19-12-10(6-17-19)11(15-8-16-12)18-5-4-9(14)7-18/h6,8-9H,4-5,7,14H2,1-3H3.